The Hall–Kier alpha value is -2.89. The molecule has 0 aliphatic rings. The Morgan fingerprint density at radius 1 is 1.20 bits per heavy atom. The van der Waals surface area contributed by atoms with Gasteiger partial charge in [-0.2, -0.15) is 5.10 Å². The molecule has 0 saturated carbocycles. The van der Waals surface area contributed by atoms with Gasteiger partial charge in [0.05, 0.1) is 5.69 Å². The summed E-state index contributed by atoms with van der Waals surface area (Å²) in [4.78, 5) is 24.7. The standard InChI is InChI=1S/C19H22N4O2/c1-13-11-17(25)23(19-18(13)14(2)21-22(19)3)12-16(24)20-10-9-15-7-5-4-6-8-15/h4-8,11H,9-10,12H2,1-3H3,(H,20,24). The minimum absolute atomic E-state index is 0.0105. The van der Waals surface area contributed by atoms with Gasteiger partial charge in [-0.3, -0.25) is 18.8 Å². The summed E-state index contributed by atoms with van der Waals surface area (Å²) in [5.74, 6) is -0.179. The van der Waals surface area contributed by atoms with Gasteiger partial charge in [-0.25, -0.2) is 0 Å². The van der Waals surface area contributed by atoms with Crippen molar-refractivity contribution in [2.75, 3.05) is 6.54 Å². The van der Waals surface area contributed by atoms with Crippen LogP contribution in [-0.4, -0.2) is 26.8 Å². The predicted octanol–water partition coefficient (Wildman–Crippen LogP) is 1.71. The zero-order valence-electron chi connectivity index (χ0n) is 14.7. The van der Waals surface area contributed by atoms with Gasteiger partial charge in [-0.15, -0.1) is 0 Å². The molecule has 0 radical (unpaired) electrons. The number of hydrogen-bond donors (Lipinski definition) is 1. The molecule has 3 rings (SSSR count). The fourth-order valence-corrected chi connectivity index (χ4v) is 3.20. The van der Waals surface area contributed by atoms with Crippen molar-refractivity contribution in [2.24, 2.45) is 7.05 Å². The van der Waals surface area contributed by atoms with Gasteiger partial charge in [0.2, 0.25) is 5.91 Å². The summed E-state index contributed by atoms with van der Waals surface area (Å²) < 4.78 is 3.15. The van der Waals surface area contributed by atoms with E-state index in [-0.39, 0.29) is 18.0 Å². The lowest BCUT2D eigenvalue weighted by Crippen LogP contribution is -2.34. The van der Waals surface area contributed by atoms with E-state index in [4.69, 9.17) is 0 Å². The molecule has 2 heterocycles. The maximum atomic E-state index is 12.4. The number of nitrogens with zero attached hydrogens (tertiary/aromatic N) is 3. The van der Waals surface area contributed by atoms with Crippen LogP contribution >= 0.6 is 0 Å². The number of pyridine rings is 1. The Kier molecular flexibility index (Phi) is 4.70. The number of hydrogen-bond acceptors (Lipinski definition) is 3. The Labute approximate surface area is 146 Å². The third kappa shape index (κ3) is 3.47. The van der Waals surface area contributed by atoms with Crippen molar-refractivity contribution >= 4 is 16.9 Å². The summed E-state index contributed by atoms with van der Waals surface area (Å²) in [5.41, 5.74) is 3.39. The van der Waals surface area contributed by atoms with Crippen molar-refractivity contribution in [2.45, 2.75) is 26.8 Å². The maximum Gasteiger partial charge on any atom is 0.252 e. The van der Waals surface area contributed by atoms with Gasteiger partial charge in [-0.1, -0.05) is 30.3 Å². The van der Waals surface area contributed by atoms with Crippen LogP contribution in [0.15, 0.2) is 41.2 Å². The molecule has 2 aromatic heterocycles. The lowest BCUT2D eigenvalue weighted by atomic mass is 10.1. The fourth-order valence-electron chi connectivity index (χ4n) is 3.20. The zero-order chi connectivity index (χ0) is 18.0. The van der Waals surface area contributed by atoms with Gasteiger partial charge in [-0.05, 0) is 31.4 Å². The highest BCUT2D eigenvalue weighted by Gasteiger charge is 2.15. The normalized spacial score (nSPS) is 11.0. The first-order valence-electron chi connectivity index (χ1n) is 8.31. The molecule has 6 nitrogen and oxygen atoms in total. The zero-order valence-corrected chi connectivity index (χ0v) is 14.7. The van der Waals surface area contributed by atoms with E-state index in [0.717, 1.165) is 23.1 Å². The Morgan fingerprint density at radius 2 is 1.92 bits per heavy atom. The van der Waals surface area contributed by atoms with E-state index in [1.54, 1.807) is 17.8 Å². The minimum atomic E-state index is -0.189. The average molecular weight is 338 g/mol. The SMILES string of the molecule is Cc1cc(=O)n(CC(=O)NCCc2ccccc2)c2c1c(C)nn2C. The van der Waals surface area contributed by atoms with Gasteiger partial charge in [0.15, 0.2) is 0 Å². The number of carbonyl (C=O) groups is 1. The first-order chi connectivity index (χ1) is 12.0. The van der Waals surface area contributed by atoms with E-state index in [9.17, 15) is 9.59 Å². The van der Waals surface area contributed by atoms with Crippen molar-refractivity contribution in [3.8, 4) is 0 Å². The van der Waals surface area contributed by atoms with Crippen LogP contribution in [0.25, 0.3) is 11.0 Å². The molecule has 0 spiro atoms. The van der Waals surface area contributed by atoms with E-state index in [0.29, 0.717) is 12.2 Å². The topological polar surface area (TPSA) is 68.9 Å². The minimum Gasteiger partial charge on any atom is -0.354 e. The highest BCUT2D eigenvalue weighted by atomic mass is 16.2. The molecule has 25 heavy (non-hydrogen) atoms. The first kappa shape index (κ1) is 17.0. The smallest absolute Gasteiger partial charge is 0.252 e. The summed E-state index contributed by atoms with van der Waals surface area (Å²) in [6.07, 6.45) is 0.760. The van der Waals surface area contributed by atoms with Gasteiger partial charge < -0.3 is 5.32 Å². The van der Waals surface area contributed by atoms with Crippen LogP contribution in [0.2, 0.25) is 0 Å². The molecule has 6 heteroatoms. The first-order valence-corrected chi connectivity index (χ1v) is 8.31. The quantitative estimate of drug-likeness (QED) is 0.770. The van der Waals surface area contributed by atoms with E-state index in [1.165, 1.54) is 10.1 Å². The Morgan fingerprint density at radius 3 is 2.64 bits per heavy atom. The van der Waals surface area contributed by atoms with Crippen molar-refractivity contribution in [3.05, 3.63) is 63.6 Å². The number of aromatic nitrogens is 3. The summed E-state index contributed by atoms with van der Waals surface area (Å²) in [6.45, 7) is 4.33. The van der Waals surface area contributed by atoms with Crippen molar-refractivity contribution in [1.29, 1.82) is 0 Å². The molecule has 0 unspecified atom stereocenters. The number of fused-ring (bicyclic) bond motifs is 1. The van der Waals surface area contributed by atoms with E-state index < -0.39 is 0 Å². The molecule has 0 bridgehead atoms. The number of amides is 1. The van der Waals surface area contributed by atoms with Crippen LogP contribution in [0.5, 0.6) is 0 Å². The molecule has 1 aromatic carbocycles. The predicted molar refractivity (Wildman–Crippen MR) is 97.6 cm³/mol. The molecule has 0 aliphatic carbocycles. The summed E-state index contributed by atoms with van der Waals surface area (Å²) >= 11 is 0. The summed E-state index contributed by atoms with van der Waals surface area (Å²) in [7, 11) is 1.79. The number of benzene rings is 1. The Bertz CT molecular complexity index is 970. The summed E-state index contributed by atoms with van der Waals surface area (Å²) in [6, 6.07) is 11.5. The van der Waals surface area contributed by atoms with Crippen LogP contribution < -0.4 is 10.9 Å². The molecule has 3 aromatic rings. The van der Waals surface area contributed by atoms with Crippen LogP contribution in [0.1, 0.15) is 16.8 Å². The van der Waals surface area contributed by atoms with Gasteiger partial charge >= 0.3 is 0 Å². The molecular weight excluding hydrogens is 316 g/mol. The van der Waals surface area contributed by atoms with Crippen LogP contribution in [0.4, 0.5) is 0 Å². The number of rotatable bonds is 5. The summed E-state index contributed by atoms with van der Waals surface area (Å²) in [5, 5.41) is 8.20. The average Bonchev–Trinajstić information content (AvgIpc) is 2.87. The maximum absolute atomic E-state index is 12.4. The van der Waals surface area contributed by atoms with E-state index >= 15 is 0 Å². The van der Waals surface area contributed by atoms with Gasteiger partial charge in [0.1, 0.15) is 12.2 Å². The van der Waals surface area contributed by atoms with Crippen molar-refractivity contribution < 1.29 is 4.79 Å². The molecule has 0 aliphatic heterocycles. The Balaban J connectivity index is 1.76. The van der Waals surface area contributed by atoms with Crippen LogP contribution in [0.3, 0.4) is 0 Å². The number of carbonyl (C=O) groups excluding carboxylic acids is 1. The van der Waals surface area contributed by atoms with Crippen LogP contribution in [-0.2, 0) is 24.8 Å². The molecule has 0 fully saturated rings. The molecule has 1 N–H and O–H groups in total. The monoisotopic (exact) mass is 338 g/mol. The third-order valence-electron chi connectivity index (χ3n) is 4.33. The van der Waals surface area contributed by atoms with Gasteiger partial charge in [0.25, 0.3) is 5.56 Å². The van der Waals surface area contributed by atoms with Crippen LogP contribution in [0, 0.1) is 13.8 Å². The second kappa shape index (κ2) is 6.93. The lowest BCUT2D eigenvalue weighted by Gasteiger charge is -2.11. The highest BCUT2D eigenvalue weighted by molar-refractivity contribution is 5.84. The van der Waals surface area contributed by atoms with E-state index in [2.05, 4.69) is 10.4 Å². The van der Waals surface area contributed by atoms with Crippen molar-refractivity contribution in [3.63, 3.8) is 0 Å². The second-order valence-corrected chi connectivity index (χ2v) is 6.24. The lowest BCUT2D eigenvalue weighted by molar-refractivity contribution is -0.121. The fraction of sp³-hybridized carbons (Fsp3) is 0.316. The number of aryl methyl sites for hydroxylation is 3. The molecule has 130 valence electrons. The molecule has 0 saturated heterocycles. The highest BCUT2D eigenvalue weighted by Crippen LogP contribution is 2.19. The largest absolute Gasteiger partial charge is 0.354 e. The molecule has 0 atom stereocenters. The third-order valence-corrected chi connectivity index (χ3v) is 4.33. The van der Waals surface area contributed by atoms with Gasteiger partial charge in [0, 0.05) is 25.0 Å². The molecule has 1 amide bonds. The second-order valence-electron chi connectivity index (χ2n) is 6.24. The number of nitrogens with one attached hydrogen (secondary N) is 1. The van der Waals surface area contributed by atoms with E-state index in [1.807, 2.05) is 44.2 Å². The molecular formula is C19H22N4O2. The van der Waals surface area contributed by atoms with Crippen molar-refractivity contribution in [1.82, 2.24) is 19.7 Å².